The Morgan fingerprint density at radius 3 is 2.81 bits per heavy atom. The van der Waals surface area contributed by atoms with Crippen molar-refractivity contribution in [1.29, 1.82) is 0 Å². The minimum atomic E-state index is -0.604. The number of hydrogen-bond acceptors (Lipinski definition) is 4. The van der Waals surface area contributed by atoms with Crippen LogP contribution in [0.4, 0.5) is 4.39 Å². The third-order valence-corrected chi connectivity index (χ3v) is 5.88. The quantitative estimate of drug-likeness (QED) is 0.559. The van der Waals surface area contributed by atoms with Gasteiger partial charge in [-0.15, -0.1) is 11.3 Å². The number of hydrogen-bond donors (Lipinski definition) is 0. The minimum absolute atomic E-state index is 0.0286. The largest absolute Gasteiger partial charge is 0.464 e. The van der Waals surface area contributed by atoms with Gasteiger partial charge in [-0.1, -0.05) is 35.9 Å². The van der Waals surface area contributed by atoms with Crippen LogP contribution in [0.5, 0.6) is 5.75 Å². The molecule has 0 N–H and O–H groups in total. The molecule has 0 radical (unpaired) electrons. The first kappa shape index (κ1) is 15.9. The van der Waals surface area contributed by atoms with Crippen LogP contribution in [0.3, 0.4) is 0 Å². The molecule has 3 nitrogen and oxygen atoms in total. The van der Waals surface area contributed by atoms with Gasteiger partial charge in [-0.05, 0) is 35.7 Å². The first-order valence-electron chi connectivity index (χ1n) is 8.31. The Morgan fingerprint density at radius 2 is 2.00 bits per heavy atom. The van der Waals surface area contributed by atoms with Crippen molar-refractivity contribution >= 4 is 28.6 Å². The molecule has 0 fully saturated rings. The van der Waals surface area contributed by atoms with Gasteiger partial charge >= 0.3 is 0 Å². The zero-order valence-corrected chi connectivity index (χ0v) is 15.2. The summed E-state index contributed by atoms with van der Waals surface area (Å²) in [6.45, 7) is 0. The maximum Gasteiger partial charge on any atom is 0.216 e. The van der Waals surface area contributed by atoms with E-state index in [2.05, 4.69) is 6.07 Å². The highest BCUT2D eigenvalue weighted by atomic mass is 35.5. The Kier molecular flexibility index (Phi) is 3.72. The van der Waals surface area contributed by atoms with E-state index in [0.717, 1.165) is 28.3 Å². The predicted molar refractivity (Wildman–Crippen MR) is 101 cm³/mol. The van der Waals surface area contributed by atoms with E-state index in [1.54, 1.807) is 29.5 Å². The van der Waals surface area contributed by atoms with Crippen molar-refractivity contribution in [3.8, 4) is 5.75 Å². The van der Waals surface area contributed by atoms with E-state index in [1.165, 1.54) is 6.07 Å². The molecule has 0 aliphatic carbocycles. The monoisotopic (exact) mass is 384 g/mol. The molecule has 0 unspecified atom stereocenters. The van der Waals surface area contributed by atoms with Crippen LogP contribution in [-0.2, 0) is 0 Å². The average molecular weight is 385 g/mol. The van der Waals surface area contributed by atoms with Gasteiger partial charge in [0.05, 0.1) is 22.2 Å². The highest BCUT2D eigenvalue weighted by molar-refractivity contribution is 7.12. The molecule has 0 amide bonds. The molecule has 130 valence electrons. The average Bonchev–Trinajstić information content (AvgIpc) is 3.31. The van der Waals surface area contributed by atoms with Gasteiger partial charge in [0, 0.05) is 17.0 Å². The lowest BCUT2D eigenvalue weighted by Crippen LogP contribution is -2.34. The van der Waals surface area contributed by atoms with Crippen LogP contribution in [0.25, 0.3) is 0 Å². The fraction of sp³-hybridized carbons (Fsp3) is 0.150. The molecule has 0 saturated heterocycles. The Bertz CT molecular complexity index is 1000. The molecule has 3 heterocycles. The first-order chi connectivity index (χ1) is 12.7. The van der Waals surface area contributed by atoms with Crippen molar-refractivity contribution in [3.63, 3.8) is 0 Å². The summed E-state index contributed by atoms with van der Waals surface area (Å²) < 4.78 is 20.6. The molecule has 0 spiro atoms. The van der Waals surface area contributed by atoms with Gasteiger partial charge in [-0.2, -0.15) is 5.10 Å². The second-order valence-electron chi connectivity index (χ2n) is 6.30. The second-order valence-corrected chi connectivity index (χ2v) is 7.68. The van der Waals surface area contributed by atoms with E-state index in [4.69, 9.17) is 21.4 Å². The smallest absolute Gasteiger partial charge is 0.216 e. The minimum Gasteiger partial charge on any atom is -0.464 e. The molecular weight excluding hydrogens is 371 g/mol. The van der Waals surface area contributed by atoms with Gasteiger partial charge in [0.15, 0.2) is 0 Å². The number of benzene rings is 2. The van der Waals surface area contributed by atoms with Crippen LogP contribution in [-0.4, -0.2) is 10.7 Å². The highest BCUT2D eigenvalue weighted by Crippen LogP contribution is 2.48. The number of rotatable bonds is 2. The molecule has 3 aromatic rings. The van der Waals surface area contributed by atoms with Crippen molar-refractivity contribution in [2.75, 3.05) is 0 Å². The van der Waals surface area contributed by atoms with Crippen LogP contribution < -0.4 is 4.74 Å². The Morgan fingerprint density at radius 1 is 1.12 bits per heavy atom. The molecule has 5 rings (SSSR count). The van der Waals surface area contributed by atoms with Gasteiger partial charge in [-0.3, -0.25) is 0 Å². The SMILES string of the molecule is Fc1ccccc1[C@@H]1Oc2ccc(Cl)cc2[C@H]2CC(c3cccs3)=NN21. The number of nitrogens with zero attached hydrogens (tertiary/aromatic N) is 2. The molecule has 2 atom stereocenters. The van der Waals surface area contributed by atoms with Crippen LogP contribution in [0, 0.1) is 5.82 Å². The molecule has 6 heteroatoms. The summed E-state index contributed by atoms with van der Waals surface area (Å²) in [7, 11) is 0. The van der Waals surface area contributed by atoms with Gasteiger partial charge in [0.1, 0.15) is 11.6 Å². The lowest BCUT2D eigenvalue weighted by atomic mass is 9.97. The summed E-state index contributed by atoms with van der Waals surface area (Å²) >= 11 is 7.86. The van der Waals surface area contributed by atoms with Crippen LogP contribution >= 0.6 is 22.9 Å². The van der Waals surface area contributed by atoms with E-state index in [9.17, 15) is 4.39 Å². The summed E-state index contributed by atoms with van der Waals surface area (Å²) in [5.41, 5.74) is 2.46. The Labute approximate surface area is 159 Å². The molecule has 2 aliphatic rings. The summed E-state index contributed by atoms with van der Waals surface area (Å²) in [5, 5.41) is 9.36. The van der Waals surface area contributed by atoms with Crippen molar-refractivity contribution < 1.29 is 9.13 Å². The maximum atomic E-state index is 14.5. The first-order valence-corrected chi connectivity index (χ1v) is 9.57. The normalized spacial score (nSPS) is 21.0. The molecule has 26 heavy (non-hydrogen) atoms. The van der Waals surface area contributed by atoms with E-state index < -0.39 is 6.23 Å². The molecule has 0 saturated carbocycles. The summed E-state index contributed by atoms with van der Waals surface area (Å²) in [5.74, 6) is 0.431. The number of thiophene rings is 1. The Balaban J connectivity index is 1.64. The van der Waals surface area contributed by atoms with Gasteiger partial charge in [0.2, 0.25) is 6.23 Å². The number of halogens is 2. The highest BCUT2D eigenvalue weighted by Gasteiger charge is 2.42. The predicted octanol–water partition coefficient (Wildman–Crippen LogP) is 5.78. The molecule has 0 bridgehead atoms. The molecular formula is C20H14ClFN2OS. The fourth-order valence-electron chi connectivity index (χ4n) is 3.53. The fourth-order valence-corrected chi connectivity index (χ4v) is 4.43. The van der Waals surface area contributed by atoms with Crippen molar-refractivity contribution in [1.82, 2.24) is 5.01 Å². The topological polar surface area (TPSA) is 24.8 Å². The van der Waals surface area contributed by atoms with Crippen molar-refractivity contribution in [2.45, 2.75) is 18.7 Å². The van der Waals surface area contributed by atoms with Gasteiger partial charge in [-0.25, -0.2) is 9.40 Å². The molecule has 2 aliphatic heterocycles. The van der Waals surface area contributed by atoms with Gasteiger partial charge < -0.3 is 4.74 Å². The summed E-state index contributed by atoms with van der Waals surface area (Å²) in [6, 6.07) is 16.3. The van der Waals surface area contributed by atoms with E-state index >= 15 is 0 Å². The number of fused-ring (bicyclic) bond motifs is 3. The number of ether oxygens (including phenoxy) is 1. The van der Waals surface area contributed by atoms with Gasteiger partial charge in [0.25, 0.3) is 0 Å². The second kappa shape index (κ2) is 6.11. The molecule has 2 aromatic carbocycles. The van der Waals surface area contributed by atoms with Crippen LogP contribution in [0.1, 0.15) is 34.7 Å². The van der Waals surface area contributed by atoms with Crippen molar-refractivity contribution in [3.05, 3.63) is 86.8 Å². The van der Waals surface area contributed by atoms with E-state index in [0.29, 0.717) is 10.6 Å². The van der Waals surface area contributed by atoms with E-state index in [1.807, 2.05) is 34.7 Å². The maximum absolute atomic E-state index is 14.5. The van der Waals surface area contributed by atoms with Crippen molar-refractivity contribution in [2.24, 2.45) is 5.10 Å². The van der Waals surface area contributed by atoms with Crippen LogP contribution in [0.15, 0.2) is 65.1 Å². The standard InChI is InChI=1S/C20H14ClFN2OS/c21-12-7-8-18-14(10-12)17-11-16(19-6-3-9-26-19)23-24(17)20(25-18)13-4-1-2-5-15(13)22/h1-10,17,20H,11H2/t17-,20+/m1/s1. The third kappa shape index (κ3) is 2.50. The zero-order chi connectivity index (χ0) is 17.7. The Hall–Kier alpha value is -2.37. The van der Waals surface area contributed by atoms with E-state index in [-0.39, 0.29) is 11.9 Å². The third-order valence-electron chi connectivity index (χ3n) is 4.73. The zero-order valence-electron chi connectivity index (χ0n) is 13.6. The van der Waals surface area contributed by atoms with Crippen LogP contribution in [0.2, 0.25) is 5.02 Å². The summed E-state index contributed by atoms with van der Waals surface area (Å²) in [6.07, 6.45) is 0.134. The lowest BCUT2D eigenvalue weighted by molar-refractivity contribution is -0.0211. The number of hydrazone groups is 1. The lowest BCUT2D eigenvalue weighted by Gasteiger charge is -2.38. The summed E-state index contributed by atoms with van der Waals surface area (Å²) in [4.78, 5) is 1.12. The molecule has 1 aromatic heterocycles.